The summed E-state index contributed by atoms with van der Waals surface area (Å²) in [7, 11) is 0. The Morgan fingerprint density at radius 1 is 1.00 bits per heavy atom. The average molecular weight is 992 g/mol. The van der Waals surface area contributed by atoms with Crippen molar-refractivity contribution >= 4 is 27.9 Å². The number of allylic oxidation sites excluding steroid dienone is 10. The van der Waals surface area contributed by atoms with Crippen molar-refractivity contribution in [2.24, 2.45) is 4.99 Å². The summed E-state index contributed by atoms with van der Waals surface area (Å²) in [5, 5.41) is 5.43. The number of benzene rings is 3. The smallest absolute Gasteiger partial charge is 0.125 e. The van der Waals surface area contributed by atoms with Crippen molar-refractivity contribution in [3.8, 4) is 11.3 Å². The number of rotatable bonds is 6. The molecule has 1 N–H and O–H groups in total. The molecule has 217 valence electrons. The van der Waals surface area contributed by atoms with Crippen LogP contribution in [0.2, 0.25) is 0 Å². The molecule has 2 aliphatic carbocycles. The third-order valence-corrected chi connectivity index (χ3v) is 6.81. The first-order valence-electron chi connectivity index (χ1n) is 13.6. The molecule has 0 bridgehead atoms. The zero-order chi connectivity index (χ0) is 28.2. The van der Waals surface area contributed by atoms with Gasteiger partial charge in [0.2, 0.25) is 0 Å². The van der Waals surface area contributed by atoms with Crippen LogP contribution in [0.15, 0.2) is 124 Å². The fraction of sp³-hybridized carbons (Fsp3) is 0.158. The molecule has 1 aliphatic heterocycles. The molecule has 0 aromatic heterocycles. The summed E-state index contributed by atoms with van der Waals surface area (Å²) in [6.45, 7) is 14.5. The zero-order valence-corrected chi connectivity index (χ0v) is 35.1. The van der Waals surface area contributed by atoms with Crippen molar-refractivity contribution in [2.45, 2.75) is 41.0 Å². The van der Waals surface area contributed by atoms with Gasteiger partial charge in [0.05, 0.1) is 11.1 Å². The largest absolute Gasteiger partial charge is 0.458 e. The SMILES string of the molecule is C=C(C)/C(=C\C=C(C)C)N=c1ccc2c(C3=CC=CCC=[C-]3)c3ccc(Nc4ccc(C)cc4C)cc3oc-2c1.[CH3-].[Re].[Rf]. The number of nitrogens with one attached hydrogen (secondary N) is 1. The Hall–Kier alpha value is -4.97. The third-order valence-electron chi connectivity index (χ3n) is 6.81. The van der Waals surface area contributed by atoms with Gasteiger partial charge in [-0.25, -0.2) is 4.99 Å². The molecule has 0 saturated heterocycles. The Morgan fingerprint density at radius 2 is 1.79 bits per heavy atom. The molecule has 5 heteroatoms. The summed E-state index contributed by atoms with van der Waals surface area (Å²) in [6, 6.07) is 18.9. The van der Waals surface area contributed by atoms with E-state index in [2.05, 4.69) is 119 Å². The van der Waals surface area contributed by atoms with Crippen LogP contribution in [0.1, 0.15) is 43.9 Å². The van der Waals surface area contributed by atoms with Gasteiger partial charge in [0, 0.05) is 43.9 Å². The fourth-order valence-electron chi connectivity index (χ4n) is 4.77. The Morgan fingerprint density at radius 3 is 2.51 bits per heavy atom. The molecule has 0 unspecified atom stereocenters. The second kappa shape index (κ2) is 14.8. The van der Waals surface area contributed by atoms with Crippen LogP contribution in [0.25, 0.3) is 27.9 Å². The molecule has 2 aromatic carbocycles. The van der Waals surface area contributed by atoms with E-state index in [0.717, 1.165) is 67.9 Å². The maximum atomic E-state index is 6.58. The normalized spacial score (nSPS) is 12.9. The summed E-state index contributed by atoms with van der Waals surface area (Å²) in [6.07, 6.45) is 16.9. The zero-order valence-electron chi connectivity index (χ0n) is 26.0. The maximum Gasteiger partial charge on any atom is 0.125 e. The molecule has 5 rings (SSSR count). The number of aryl methyl sites for hydroxylation is 2. The molecule has 0 fully saturated rings. The molecule has 0 atom stereocenters. The van der Waals surface area contributed by atoms with E-state index in [1.165, 1.54) is 16.7 Å². The van der Waals surface area contributed by atoms with Crippen LogP contribution in [0.5, 0.6) is 0 Å². The third kappa shape index (κ3) is 7.86. The van der Waals surface area contributed by atoms with Gasteiger partial charge in [0.25, 0.3) is 0 Å². The first-order chi connectivity index (χ1) is 19.3. The van der Waals surface area contributed by atoms with Crippen LogP contribution in [-0.2, 0) is 20.4 Å². The minimum atomic E-state index is 0. The first kappa shape index (κ1) is 34.2. The summed E-state index contributed by atoms with van der Waals surface area (Å²) >= 11 is 0. The van der Waals surface area contributed by atoms with E-state index in [4.69, 9.17) is 9.41 Å². The fourth-order valence-corrected chi connectivity index (χ4v) is 4.77. The predicted octanol–water partition coefficient (Wildman–Crippen LogP) is 10.4. The van der Waals surface area contributed by atoms with Crippen LogP contribution >= 0.6 is 0 Å². The standard InChI is InChI=1S/C37H35N2O.CH3.Re.Rf/c1-24(2)13-19-33(25(3)4)38-29-15-17-31-35(22-29)40-36-23-30(39-34-20-14-26(5)21-27(34)6)16-18-32(36)37(31)28-11-9-7-8-10-12-28;;;/h7,9-11,13-23,39H,3,8H2,1-2,4-6H3;1H3;;/q2*-1;;/b33-19+,38-29?;;;. The average Bonchev–Trinajstić information content (AvgIpc) is 3.20. The quantitative estimate of drug-likeness (QED) is 0.119. The van der Waals surface area contributed by atoms with Crippen molar-refractivity contribution in [3.05, 3.63) is 150 Å². The van der Waals surface area contributed by atoms with E-state index >= 15 is 0 Å². The Bertz CT molecular complexity index is 1810. The van der Waals surface area contributed by atoms with E-state index in [1.54, 1.807) is 0 Å². The summed E-state index contributed by atoms with van der Waals surface area (Å²) < 4.78 is 6.58. The molecule has 0 saturated carbocycles. The monoisotopic (exact) mass is 992 g/mol. The van der Waals surface area contributed by atoms with Gasteiger partial charge >= 0.3 is 0 Å². The first-order valence-corrected chi connectivity index (χ1v) is 13.6. The van der Waals surface area contributed by atoms with Gasteiger partial charge in [-0.2, -0.15) is 17.7 Å². The Labute approximate surface area is 264 Å². The van der Waals surface area contributed by atoms with Gasteiger partial charge in [-0.05, 0) is 87.4 Å². The van der Waals surface area contributed by atoms with Crippen LogP contribution in [0, 0.1) is 27.4 Å². The van der Waals surface area contributed by atoms with Crippen LogP contribution in [-0.4, -0.2) is 0 Å². The van der Waals surface area contributed by atoms with Gasteiger partial charge in [-0.15, -0.1) is 17.7 Å². The van der Waals surface area contributed by atoms with Crippen molar-refractivity contribution in [3.63, 3.8) is 0 Å². The van der Waals surface area contributed by atoms with E-state index in [-0.39, 0.29) is 27.8 Å². The number of nitrogens with zero attached hydrogens (tertiary/aromatic N) is 1. The van der Waals surface area contributed by atoms with Crippen LogP contribution in [0.3, 0.4) is 0 Å². The number of fused-ring (bicyclic) bond motifs is 2. The number of anilines is 2. The molecule has 2 aromatic rings. The van der Waals surface area contributed by atoms with Gasteiger partial charge < -0.3 is 17.2 Å². The minimum absolute atomic E-state index is 0. The van der Waals surface area contributed by atoms with Crippen LogP contribution < -0.4 is 10.7 Å². The van der Waals surface area contributed by atoms with Gasteiger partial charge in [-0.3, -0.25) is 0 Å². The van der Waals surface area contributed by atoms with E-state index in [9.17, 15) is 0 Å². The molecular weight excluding hydrogens is 954 g/mol. The molecule has 1 heterocycles. The van der Waals surface area contributed by atoms with Gasteiger partial charge in [0.15, 0.2) is 0 Å². The van der Waals surface area contributed by atoms with E-state index in [1.807, 2.05) is 25.1 Å². The van der Waals surface area contributed by atoms with Crippen molar-refractivity contribution in [1.29, 1.82) is 0 Å². The Kier molecular flexibility index (Phi) is 11.8. The molecule has 3 nitrogen and oxygen atoms in total. The second-order valence-corrected chi connectivity index (χ2v) is 10.6. The minimum Gasteiger partial charge on any atom is -0.458 e. The van der Waals surface area contributed by atoms with Crippen molar-refractivity contribution in [1.82, 2.24) is 0 Å². The van der Waals surface area contributed by atoms with E-state index < -0.39 is 0 Å². The summed E-state index contributed by atoms with van der Waals surface area (Å²) in [4.78, 5) is 4.90. The second-order valence-electron chi connectivity index (χ2n) is 10.6. The molecule has 43 heavy (non-hydrogen) atoms. The Balaban J connectivity index is 0.00000215. The molecule has 0 spiro atoms. The van der Waals surface area contributed by atoms with Crippen molar-refractivity contribution in [2.75, 3.05) is 5.32 Å². The van der Waals surface area contributed by atoms with Gasteiger partial charge in [0.1, 0.15) is 11.3 Å². The van der Waals surface area contributed by atoms with E-state index in [0.29, 0.717) is 0 Å². The number of hydrogen-bond donors (Lipinski definition) is 1. The molecule has 1 radical (unpaired) electrons. The molecular formula is C38H38N2OReRf-2. The summed E-state index contributed by atoms with van der Waals surface area (Å²) in [5.74, 6) is 0.770. The molecule has 0 amide bonds. The number of hydrogen-bond acceptors (Lipinski definition) is 3. The molecule has 3 aliphatic rings. The van der Waals surface area contributed by atoms with Crippen molar-refractivity contribution < 1.29 is 24.8 Å². The van der Waals surface area contributed by atoms with Crippen LogP contribution in [0.4, 0.5) is 11.4 Å². The summed E-state index contributed by atoms with van der Waals surface area (Å²) in [5.41, 5.74) is 11.4. The predicted molar refractivity (Wildman–Crippen MR) is 176 cm³/mol. The van der Waals surface area contributed by atoms with Gasteiger partial charge in [-0.1, -0.05) is 54.1 Å². The topological polar surface area (TPSA) is 37.5 Å². The maximum absolute atomic E-state index is 6.58.